The molecule has 1 amide bonds. The molecule has 0 saturated heterocycles. The molecule has 5 nitrogen and oxygen atoms in total. The average Bonchev–Trinajstić information content (AvgIpc) is 2.86. The summed E-state index contributed by atoms with van der Waals surface area (Å²) in [6.07, 6.45) is 7.91. The first kappa shape index (κ1) is 24.5. The molecule has 1 aliphatic carbocycles. The molecule has 0 aliphatic heterocycles. The fourth-order valence-electron chi connectivity index (χ4n) is 5.11. The minimum atomic E-state index is -0.294. The Balaban J connectivity index is 1.89. The van der Waals surface area contributed by atoms with Crippen molar-refractivity contribution < 1.29 is 4.79 Å². The van der Waals surface area contributed by atoms with Crippen molar-refractivity contribution in [3.8, 4) is 5.69 Å². The third-order valence-electron chi connectivity index (χ3n) is 6.92. The SMILES string of the molecule is CCCCN(C(=O)C1CCCCC1)C(CC)c1nc2ccccc2c(=O)n1-c1cccc(Cl)c1. The molecule has 2 aromatic carbocycles. The van der Waals surface area contributed by atoms with Gasteiger partial charge in [0.2, 0.25) is 5.91 Å². The van der Waals surface area contributed by atoms with E-state index in [1.807, 2.05) is 35.2 Å². The van der Waals surface area contributed by atoms with E-state index in [9.17, 15) is 9.59 Å². The van der Waals surface area contributed by atoms with E-state index >= 15 is 0 Å². The number of carbonyl (C=O) groups excluding carboxylic acids is 1. The fourth-order valence-corrected chi connectivity index (χ4v) is 5.30. The lowest BCUT2D eigenvalue weighted by Gasteiger charge is -2.36. The van der Waals surface area contributed by atoms with E-state index in [-0.39, 0.29) is 23.4 Å². The summed E-state index contributed by atoms with van der Waals surface area (Å²) in [5.74, 6) is 0.875. The predicted molar refractivity (Wildman–Crippen MR) is 139 cm³/mol. The van der Waals surface area contributed by atoms with Gasteiger partial charge in [0.25, 0.3) is 5.56 Å². The predicted octanol–water partition coefficient (Wildman–Crippen LogP) is 6.70. The van der Waals surface area contributed by atoms with Gasteiger partial charge in [0.1, 0.15) is 5.82 Å². The van der Waals surface area contributed by atoms with Gasteiger partial charge in [-0.3, -0.25) is 14.2 Å². The smallest absolute Gasteiger partial charge is 0.266 e. The number of para-hydroxylation sites is 1. The van der Waals surface area contributed by atoms with E-state index in [4.69, 9.17) is 16.6 Å². The number of nitrogens with zero attached hydrogens (tertiary/aromatic N) is 3. The highest BCUT2D eigenvalue weighted by Gasteiger charge is 2.33. The van der Waals surface area contributed by atoms with Crippen LogP contribution in [0.3, 0.4) is 0 Å². The number of unbranched alkanes of at least 4 members (excludes halogenated alkanes) is 1. The van der Waals surface area contributed by atoms with E-state index in [2.05, 4.69) is 13.8 Å². The van der Waals surface area contributed by atoms with Gasteiger partial charge in [-0.15, -0.1) is 0 Å². The van der Waals surface area contributed by atoms with Crippen molar-refractivity contribution in [3.63, 3.8) is 0 Å². The molecule has 1 fully saturated rings. The van der Waals surface area contributed by atoms with Crippen molar-refractivity contribution in [2.45, 2.75) is 71.3 Å². The second-order valence-corrected chi connectivity index (χ2v) is 9.69. The molecule has 4 rings (SSSR count). The van der Waals surface area contributed by atoms with Gasteiger partial charge < -0.3 is 4.90 Å². The van der Waals surface area contributed by atoms with Crippen LogP contribution in [0.2, 0.25) is 5.02 Å². The van der Waals surface area contributed by atoms with E-state index in [0.717, 1.165) is 38.5 Å². The summed E-state index contributed by atoms with van der Waals surface area (Å²) in [6, 6.07) is 14.4. The number of aromatic nitrogens is 2. The molecule has 6 heteroatoms. The number of carbonyl (C=O) groups is 1. The molecule has 1 unspecified atom stereocenters. The quantitative estimate of drug-likeness (QED) is 0.361. The molecule has 34 heavy (non-hydrogen) atoms. The van der Waals surface area contributed by atoms with Crippen LogP contribution in [0.15, 0.2) is 53.3 Å². The van der Waals surface area contributed by atoms with Crippen LogP contribution in [-0.2, 0) is 4.79 Å². The number of rotatable bonds is 8. The highest BCUT2D eigenvalue weighted by atomic mass is 35.5. The van der Waals surface area contributed by atoms with Crippen molar-refractivity contribution in [3.05, 3.63) is 69.7 Å². The van der Waals surface area contributed by atoms with Crippen LogP contribution in [0.1, 0.15) is 77.1 Å². The van der Waals surface area contributed by atoms with Crippen LogP contribution in [0.25, 0.3) is 16.6 Å². The zero-order valence-electron chi connectivity index (χ0n) is 20.2. The summed E-state index contributed by atoms with van der Waals surface area (Å²) < 4.78 is 1.66. The van der Waals surface area contributed by atoms with Gasteiger partial charge in [0.15, 0.2) is 0 Å². The Kier molecular flexibility index (Phi) is 8.04. The van der Waals surface area contributed by atoms with Crippen molar-refractivity contribution in [1.82, 2.24) is 14.5 Å². The molecule has 0 bridgehead atoms. The first-order valence-electron chi connectivity index (χ1n) is 12.6. The van der Waals surface area contributed by atoms with E-state index in [0.29, 0.717) is 40.4 Å². The van der Waals surface area contributed by atoms with Crippen molar-refractivity contribution in [1.29, 1.82) is 0 Å². The second-order valence-electron chi connectivity index (χ2n) is 9.25. The minimum Gasteiger partial charge on any atom is -0.332 e. The van der Waals surface area contributed by atoms with Gasteiger partial charge in [0, 0.05) is 17.5 Å². The number of hydrogen-bond acceptors (Lipinski definition) is 3. The van der Waals surface area contributed by atoms with E-state index < -0.39 is 0 Å². The van der Waals surface area contributed by atoms with Crippen molar-refractivity contribution in [2.24, 2.45) is 5.92 Å². The molecule has 1 heterocycles. The van der Waals surface area contributed by atoms with Crippen LogP contribution in [0, 0.1) is 5.92 Å². The maximum absolute atomic E-state index is 13.8. The first-order valence-corrected chi connectivity index (χ1v) is 13.0. The van der Waals surface area contributed by atoms with Crippen LogP contribution in [0.4, 0.5) is 0 Å². The second kappa shape index (κ2) is 11.2. The lowest BCUT2D eigenvalue weighted by molar-refractivity contribution is -0.139. The Labute approximate surface area is 206 Å². The summed E-state index contributed by atoms with van der Waals surface area (Å²) in [5.41, 5.74) is 1.19. The van der Waals surface area contributed by atoms with Gasteiger partial charge in [0.05, 0.1) is 22.6 Å². The Morgan fingerprint density at radius 3 is 2.59 bits per heavy atom. The summed E-state index contributed by atoms with van der Waals surface area (Å²) in [5, 5.41) is 1.11. The monoisotopic (exact) mass is 479 g/mol. The molecular weight excluding hydrogens is 446 g/mol. The van der Waals surface area contributed by atoms with Crippen molar-refractivity contribution in [2.75, 3.05) is 6.54 Å². The molecule has 0 N–H and O–H groups in total. The Morgan fingerprint density at radius 2 is 1.88 bits per heavy atom. The lowest BCUT2D eigenvalue weighted by atomic mass is 9.87. The topological polar surface area (TPSA) is 55.2 Å². The maximum Gasteiger partial charge on any atom is 0.266 e. The summed E-state index contributed by atoms with van der Waals surface area (Å²) in [6.45, 7) is 4.88. The summed E-state index contributed by atoms with van der Waals surface area (Å²) >= 11 is 6.31. The Hall–Kier alpha value is -2.66. The Bertz CT molecular complexity index is 1200. The number of amides is 1. The fraction of sp³-hybridized carbons (Fsp3) is 0.464. The normalized spacial score (nSPS) is 15.4. The zero-order valence-corrected chi connectivity index (χ0v) is 20.9. The first-order chi connectivity index (χ1) is 16.5. The van der Waals surface area contributed by atoms with Gasteiger partial charge >= 0.3 is 0 Å². The molecule has 3 aromatic rings. The maximum atomic E-state index is 13.8. The zero-order chi connectivity index (χ0) is 24.1. The molecule has 180 valence electrons. The number of fused-ring (bicyclic) bond motifs is 1. The third-order valence-corrected chi connectivity index (χ3v) is 7.15. The largest absolute Gasteiger partial charge is 0.332 e. The van der Waals surface area contributed by atoms with Gasteiger partial charge in [-0.1, -0.05) is 69.3 Å². The van der Waals surface area contributed by atoms with Crippen molar-refractivity contribution >= 4 is 28.4 Å². The van der Waals surface area contributed by atoms with E-state index in [1.54, 1.807) is 22.8 Å². The van der Waals surface area contributed by atoms with Crippen LogP contribution in [-0.4, -0.2) is 26.9 Å². The van der Waals surface area contributed by atoms with Crippen LogP contribution in [0.5, 0.6) is 0 Å². The summed E-state index contributed by atoms with van der Waals surface area (Å²) in [4.78, 5) is 34.6. The average molecular weight is 480 g/mol. The van der Waals surface area contributed by atoms with Gasteiger partial charge in [-0.25, -0.2) is 4.98 Å². The standard InChI is InChI=1S/C28H34ClN3O2/c1-3-5-18-31(27(33)20-12-7-6-8-13-20)25(4-2)26-30-24-17-10-9-16-23(24)28(34)32(26)22-15-11-14-21(29)19-22/h9-11,14-17,19-20,25H,3-8,12-13,18H2,1-2H3. The van der Waals surface area contributed by atoms with Gasteiger partial charge in [-0.2, -0.15) is 0 Å². The summed E-state index contributed by atoms with van der Waals surface area (Å²) in [7, 11) is 0. The van der Waals surface area contributed by atoms with E-state index in [1.165, 1.54) is 6.42 Å². The third kappa shape index (κ3) is 5.05. The number of hydrogen-bond donors (Lipinski definition) is 0. The molecular formula is C28H34ClN3O2. The molecule has 0 spiro atoms. The molecule has 1 aliphatic rings. The lowest BCUT2D eigenvalue weighted by Crippen LogP contribution is -2.42. The highest BCUT2D eigenvalue weighted by molar-refractivity contribution is 6.30. The minimum absolute atomic E-state index is 0.0615. The highest BCUT2D eigenvalue weighted by Crippen LogP contribution is 2.32. The molecule has 1 atom stereocenters. The number of halogens is 1. The Morgan fingerprint density at radius 1 is 1.12 bits per heavy atom. The number of benzene rings is 2. The molecule has 0 radical (unpaired) electrons. The van der Waals surface area contributed by atoms with Gasteiger partial charge in [-0.05, 0) is 56.0 Å². The van der Waals surface area contributed by atoms with Crippen LogP contribution < -0.4 is 5.56 Å². The van der Waals surface area contributed by atoms with Crippen LogP contribution >= 0.6 is 11.6 Å². The molecule has 1 saturated carbocycles. The molecule has 1 aromatic heterocycles.